The second kappa shape index (κ2) is 8.76. The van der Waals surface area contributed by atoms with Gasteiger partial charge in [-0.3, -0.25) is 4.90 Å². The summed E-state index contributed by atoms with van der Waals surface area (Å²) in [5, 5.41) is 18.8. The normalized spacial score (nSPS) is 18.7. The van der Waals surface area contributed by atoms with Crippen molar-refractivity contribution in [3.05, 3.63) is 77.4 Å². The Morgan fingerprint density at radius 3 is 2.90 bits per heavy atom. The summed E-state index contributed by atoms with van der Waals surface area (Å²) in [6.45, 7) is 0.673. The van der Waals surface area contributed by atoms with Crippen molar-refractivity contribution in [1.29, 1.82) is 5.26 Å². The van der Waals surface area contributed by atoms with Gasteiger partial charge in [-0.25, -0.2) is 4.79 Å². The minimum Gasteiger partial charge on any atom is -0.338 e. The molecule has 0 spiro atoms. The lowest BCUT2D eigenvalue weighted by molar-refractivity contribution is 0.243. The lowest BCUT2D eigenvalue weighted by atomic mass is 10.1. The number of nitrogens with one attached hydrogen (secondary N) is 2. The molecule has 0 aliphatic carbocycles. The van der Waals surface area contributed by atoms with Crippen LogP contribution in [0.25, 0.3) is 0 Å². The van der Waals surface area contributed by atoms with Crippen molar-refractivity contribution >= 4 is 11.7 Å². The molecule has 2 aromatic carbocycles. The number of rotatable bonds is 5. The molecule has 1 aromatic heterocycles. The van der Waals surface area contributed by atoms with Gasteiger partial charge in [0.1, 0.15) is 0 Å². The minimum absolute atomic E-state index is 0.0470. The first-order valence-electron chi connectivity index (χ1n) is 9.75. The quantitative estimate of drug-likeness (QED) is 0.679. The van der Waals surface area contributed by atoms with Crippen molar-refractivity contribution in [3.8, 4) is 6.07 Å². The summed E-state index contributed by atoms with van der Waals surface area (Å²) in [7, 11) is 1.97. The van der Waals surface area contributed by atoms with E-state index in [-0.39, 0.29) is 18.1 Å². The van der Waals surface area contributed by atoms with E-state index in [2.05, 4.69) is 31.7 Å². The molecule has 0 bridgehead atoms. The molecule has 1 aliphatic rings. The van der Waals surface area contributed by atoms with Crippen LogP contribution < -0.4 is 10.6 Å². The Labute approximate surface area is 174 Å². The molecule has 152 valence electrons. The highest BCUT2D eigenvalue weighted by molar-refractivity contribution is 5.89. The fourth-order valence-corrected chi connectivity index (χ4v) is 3.66. The summed E-state index contributed by atoms with van der Waals surface area (Å²) in [5.74, 6) is 1.21. The van der Waals surface area contributed by atoms with Crippen LogP contribution in [0.5, 0.6) is 0 Å². The molecule has 2 amide bonds. The number of nitrogens with zero attached hydrogens (tertiary/aromatic N) is 4. The summed E-state index contributed by atoms with van der Waals surface area (Å²) in [6, 6.07) is 18.5. The van der Waals surface area contributed by atoms with Gasteiger partial charge in [0.2, 0.25) is 5.89 Å². The van der Waals surface area contributed by atoms with E-state index in [0.29, 0.717) is 42.4 Å². The maximum atomic E-state index is 12.4. The Kier molecular flexibility index (Phi) is 5.72. The average Bonchev–Trinajstić information content (AvgIpc) is 3.34. The number of carbonyl (C=O) groups is 1. The van der Waals surface area contributed by atoms with Crippen LogP contribution in [0.3, 0.4) is 0 Å². The first-order valence-corrected chi connectivity index (χ1v) is 9.75. The number of amides is 2. The summed E-state index contributed by atoms with van der Waals surface area (Å²) in [5.41, 5.74) is 2.20. The Bertz CT molecular complexity index is 1060. The number of benzene rings is 2. The van der Waals surface area contributed by atoms with E-state index in [0.717, 1.165) is 5.56 Å². The number of nitriles is 1. The summed E-state index contributed by atoms with van der Waals surface area (Å²) < 4.78 is 5.50. The second-order valence-corrected chi connectivity index (χ2v) is 7.39. The molecule has 2 atom stereocenters. The van der Waals surface area contributed by atoms with E-state index in [1.807, 2.05) is 37.4 Å². The van der Waals surface area contributed by atoms with Crippen LogP contribution in [0, 0.1) is 11.3 Å². The molecule has 0 saturated carbocycles. The van der Waals surface area contributed by atoms with Gasteiger partial charge in [-0.15, -0.1) is 0 Å². The number of anilines is 1. The molecule has 0 unspecified atom stereocenters. The molecule has 2 heterocycles. The molecule has 3 aromatic rings. The van der Waals surface area contributed by atoms with Crippen molar-refractivity contribution in [1.82, 2.24) is 20.4 Å². The molecule has 0 radical (unpaired) electrons. The van der Waals surface area contributed by atoms with Crippen LogP contribution in [0.4, 0.5) is 10.5 Å². The lowest BCUT2D eigenvalue weighted by Crippen LogP contribution is -2.39. The van der Waals surface area contributed by atoms with Gasteiger partial charge in [0, 0.05) is 24.7 Å². The zero-order valence-electron chi connectivity index (χ0n) is 16.6. The van der Waals surface area contributed by atoms with Gasteiger partial charge in [-0.05, 0) is 37.2 Å². The highest BCUT2D eigenvalue weighted by atomic mass is 16.5. The Morgan fingerprint density at radius 2 is 2.10 bits per heavy atom. The van der Waals surface area contributed by atoms with Crippen LogP contribution >= 0.6 is 0 Å². The summed E-state index contributed by atoms with van der Waals surface area (Å²) >= 11 is 0. The van der Waals surface area contributed by atoms with Crippen molar-refractivity contribution in [2.45, 2.75) is 24.9 Å². The topological polar surface area (TPSA) is 107 Å². The number of carbonyl (C=O) groups excluding carboxylic acids is 1. The third kappa shape index (κ3) is 4.64. The Morgan fingerprint density at radius 1 is 1.27 bits per heavy atom. The van der Waals surface area contributed by atoms with Gasteiger partial charge < -0.3 is 15.2 Å². The number of urea groups is 1. The summed E-state index contributed by atoms with van der Waals surface area (Å²) in [6.07, 6.45) is 1.29. The van der Waals surface area contributed by atoms with Crippen molar-refractivity contribution in [2.75, 3.05) is 18.9 Å². The van der Waals surface area contributed by atoms with E-state index in [1.165, 1.54) is 0 Å². The zero-order chi connectivity index (χ0) is 20.9. The molecule has 30 heavy (non-hydrogen) atoms. The second-order valence-electron chi connectivity index (χ2n) is 7.39. The smallest absolute Gasteiger partial charge is 0.319 e. The summed E-state index contributed by atoms with van der Waals surface area (Å²) in [4.78, 5) is 19.0. The number of hydrogen-bond donors (Lipinski definition) is 2. The van der Waals surface area contributed by atoms with Crippen LogP contribution in [0.15, 0.2) is 59.1 Å². The Balaban J connectivity index is 1.34. The number of aromatic nitrogens is 2. The maximum Gasteiger partial charge on any atom is 0.319 e. The van der Waals surface area contributed by atoms with Crippen LogP contribution in [-0.4, -0.2) is 40.7 Å². The van der Waals surface area contributed by atoms with Crippen LogP contribution in [-0.2, 0) is 6.42 Å². The SMILES string of the molecule is CN1C[C@@H](NC(=O)Nc2cccc(C#N)c2)C[C@H]1c1nc(Cc2ccccc2)no1. The molecule has 1 aliphatic heterocycles. The fraction of sp³-hybridized carbons (Fsp3) is 0.273. The number of likely N-dealkylation sites (tertiary alicyclic amines) is 1. The molecule has 2 N–H and O–H groups in total. The van der Waals surface area contributed by atoms with E-state index < -0.39 is 0 Å². The third-order valence-electron chi connectivity index (χ3n) is 5.11. The molecular formula is C22H22N6O2. The monoisotopic (exact) mass is 402 g/mol. The van der Waals surface area contributed by atoms with Gasteiger partial charge in [-0.1, -0.05) is 41.6 Å². The fourth-order valence-electron chi connectivity index (χ4n) is 3.66. The van der Waals surface area contributed by atoms with Crippen LogP contribution in [0.2, 0.25) is 0 Å². The van der Waals surface area contributed by atoms with Crippen molar-refractivity contribution < 1.29 is 9.32 Å². The van der Waals surface area contributed by atoms with E-state index in [9.17, 15) is 4.79 Å². The van der Waals surface area contributed by atoms with E-state index in [4.69, 9.17) is 9.78 Å². The molecule has 8 nitrogen and oxygen atoms in total. The van der Waals surface area contributed by atoms with Crippen molar-refractivity contribution in [2.24, 2.45) is 0 Å². The third-order valence-corrected chi connectivity index (χ3v) is 5.11. The first-order chi connectivity index (χ1) is 14.6. The predicted octanol–water partition coefficient (Wildman–Crippen LogP) is 3.10. The van der Waals surface area contributed by atoms with Gasteiger partial charge in [-0.2, -0.15) is 10.2 Å². The molecule has 8 heteroatoms. The van der Waals surface area contributed by atoms with Gasteiger partial charge in [0.25, 0.3) is 0 Å². The van der Waals surface area contributed by atoms with E-state index >= 15 is 0 Å². The number of likely N-dealkylation sites (N-methyl/N-ethyl adjacent to an activating group) is 1. The number of hydrogen-bond acceptors (Lipinski definition) is 6. The average molecular weight is 402 g/mol. The Hall–Kier alpha value is -3.70. The minimum atomic E-state index is -0.306. The predicted molar refractivity (Wildman–Crippen MR) is 111 cm³/mol. The van der Waals surface area contributed by atoms with E-state index in [1.54, 1.807) is 24.3 Å². The highest BCUT2D eigenvalue weighted by Crippen LogP contribution is 2.29. The largest absolute Gasteiger partial charge is 0.338 e. The zero-order valence-corrected chi connectivity index (χ0v) is 16.6. The maximum absolute atomic E-state index is 12.4. The standard InChI is InChI=1S/C22H22N6O2/c1-28-14-18(25-22(29)24-17-9-5-8-16(10-17)13-23)12-19(28)21-26-20(27-30-21)11-15-6-3-2-4-7-15/h2-10,18-19H,11-12,14H2,1H3,(H2,24,25,29)/t18-,19-/m0/s1. The molecule has 4 rings (SSSR count). The molecule has 1 fully saturated rings. The van der Waals surface area contributed by atoms with Gasteiger partial charge in [0.15, 0.2) is 5.82 Å². The molecular weight excluding hydrogens is 380 g/mol. The lowest BCUT2D eigenvalue weighted by Gasteiger charge is -2.14. The van der Waals surface area contributed by atoms with Gasteiger partial charge in [0.05, 0.1) is 17.7 Å². The van der Waals surface area contributed by atoms with Gasteiger partial charge >= 0.3 is 6.03 Å². The first kappa shape index (κ1) is 19.6. The van der Waals surface area contributed by atoms with Crippen LogP contribution in [0.1, 0.15) is 35.3 Å². The molecule has 1 saturated heterocycles. The van der Waals surface area contributed by atoms with Crippen molar-refractivity contribution in [3.63, 3.8) is 0 Å². The highest BCUT2D eigenvalue weighted by Gasteiger charge is 2.35.